The van der Waals surface area contributed by atoms with Crippen LogP contribution in [0.15, 0.2) is 22.8 Å². The third-order valence-corrected chi connectivity index (χ3v) is 1.69. The smallest absolute Gasteiger partial charge is 0.194 e. The first-order chi connectivity index (χ1) is 5.24. The van der Waals surface area contributed by atoms with Gasteiger partial charge in [0.2, 0.25) is 0 Å². The molecule has 0 saturated carbocycles. The third-order valence-electron chi connectivity index (χ3n) is 1.19. The summed E-state index contributed by atoms with van der Waals surface area (Å²) >= 11 is 3.23. The summed E-state index contributed by atoms with van der Waals surface area (Å²) in [5.41, 5.74) is 5.55. The molecule has 0 saturated heterocycles. The molecule has 0 spiro atoms. The van der Waals surface area contributed by atoms with Gasteiger partial charge in [0.1, 0.15) is 5.69 Å². The number of aromatic nitrogens is 1. The van der Waals surface area contributed by atoms with Crippen molar-refractivity contribution in [3.63, 3.8) is 0 Å². The second-order valence-electron chi connectivity index (χ2n) is 1.99. The van der Waals surface area contributed by atoms with Gasteiger partial charge in [0.15, 0.2) is 5.78 Å². The fraction of sp³-hybridized carbons (Fsp3) is 0.143. The second kappa shape index (κ2) is 3.59. The maximum Gasteiger partial charge on any atom is 0.194 e. The van der Waals surface area contributed by atoms with Gasteiger partial charge in [-0.05, 0) is 12.1 Å². The van der Waals surface area contributed by atoms with Crippen LogP contribution < -0.4 is 5.73 Å². The molecular formula is C7H7BrN2O. The highest BCUT2D eigenvalue weighted by atomic mass is 79.9. The topological polar surface area (TPSA) is 56.0 Å². The molecule has 0 unspecified atom stereocenters. The monoisotopic (exact) mass is 214 g/mol. The fourth-order valence-corrected chi connectivity index (χ4v) is 0.997. The van der Waals surface area contributed by atoms with Gasteiger partial charge < -0.3 is 5.73 Å². The Morgan fingerprint density at radius 1 is 1.73 bits per heavy atom. The van der Waals surface area contributed by atoms with Crippen molar-refractivity contribution >= 4 is 21.7 Å². The lowest BCUT2D eigenvalue weighted by Gasteiger charge is -1.95. The van der Waals surface area contributed by atoms with Gasteiger partial charge in [-0.1, -0.05) is 15.9 Å². The molecule has 0 amide bonds. The minimum atomic E-state index is -0.147. The SMILES string of the molecule is NCC(=O)c1cc(Br)ccn1. The maximum atomic E-state index is 11.0. The van der Waals surface area contributed by atoms with Gasteiger partial charge >= 0.3 is 0 Å². The number of carbonyl (C=O) groups excluding carboxylic acids is 1. The molecule has 4 heteroatoms. The average Bonchev–Trinajstić information content (AvgIpc) is 2.03. The minimum absolute atomic E-state index is 0.00343. The molecule has 0 aliphatic carbocycles. The van der Waals surface area contributed by atoms with Crippen LogP contribution in [0.2, 0.25) is 0 Å². The maximum absolute atomic E-state index is 11.0. The highest BCUT2D eigenvalue weighted by Gasteiger charge is 2.03. The van der Waals surface area contributed by atoms with Crippen LogP contribution in [0.25, 0.3) is 0 Å². The summed E-state index contributed by atoms with van der Waals surface area (Å²) < 4.78 is 0.837. The lowest BCUT2D eigenvalue weighted by molar-refractivity contribution is 0.0996. The van der Waals surface area contributed by atoms with E-state index in [4.69, 9.17) is 5.73 Å². The molecule has 2 N–H and O–H groups in total. The van der Waals surface area contributed by atoms with Crippen molar-refractivity contribution in [2.45, 2.75) is 0 Å². The number of carbonyl (C=O) groups is 1. The summed E-state index contributed by atoms with van der Waals surface area (Å²) in [5.74, 6) is -0.147. The van der Waals surface area contributed by atoms with E-state index in [1.165, 1.54) is 0 Å². The molecule has 0 bridgehead atoms. The van der Waals surface area contributed by atoms with Gasteiger partial charge in [-0.25, -0.2) is 0 Å². The van der Waals surface area contributed by atoms with E-state index in [0.717, 1.165) is 4.47 Å². The number of ketones is 1. The summed E-state index contributed by atoms with van der Waals surface area (Å²) in [6.45, 7) is 0.00343. The Balaban J connectivity index is 2.96. The highest BCUT2D eigenvalue weighted by Crippen LogP contribution is 2.08. The van der Waals surface area contributed by atoms with Crippen LogP contribution in [0.1, 0.15) is 10.5 Å². The van der Waals surface area contributed by atoms with Gasteiger partial charge in [-0.2, -0.15) is 0 Å². The third kappa shape index (κ3) is 2.10. The van der Waals surface area contributed by atoms with Crippen molar-refractivity contribution in [2.24, 2.45) is 5.73 Å². The molecular weight excluding hydrogens is 208 g/mol. The largest absolute Gasteiger partial charge is 0.324 e. The Morgan fingerprint density at radius 2 is 2.45 bits per heavy atom. The molecule has 0 aliphatic rings. The molecule has 58 valence electrons. The number of pyridine rings is 1. The fourth-order valence-electron chi connectivity index (χ4n) is 0.662. The van der Waals surface area contributed by atoms with Gasteiger partial charge in [0.25, 0.3) is 0 Å². The quantitative estimate of drug-likeness (QED) is 0.748. The zero-order valence-electron chi connectivity index (χ0n) is 5.75. The number of hydrogen-bond donors (Lipinski definition) is 1. The Hall–Kier alpha value is -0.740. The predicted octanol–water partition coefficient (Wildman–Crippen LogP) is 0.985. The van der Waals surface area contributed by atoms with E-state index in [2.05, 4.69) is 20.9 Å². The van der Waals surface area contributed by atoms with Crippen LogP contribution in [0, 0.1) is 0 Å². The standard InChI is InChI=1S/C7H7BrN2O/c8-5-1-2-10-6(3-5)7(11)4-9/h1-3H,4,9H2. The summed E-state index contributed by atoms with van der Waals surface area (Å²) in [6.07, 6.45) is 1.56. The number of hydrogen-bond acceptors (Lipinski definition) is 3. The van der Waals surface area contributed by atoms with Crippen LogP contribution in [0.5, 0.6) is 0 Å². The van der Waals surface area contributed by atoms with E-state index in [-0.39, 0.29) is 12.3 Å². The summed E-state index contributed by atoms with van der Waals surface area (Å²) in [4.78, 5) is 14.8. The van der Waals surface area contributed by atoms with Gasteiger partial charge in [0, 0.05) is 10.7 Å². The van der Waals surface area contributed by atoms with E-state index in [0.29, 0.717) is 5.69 Å². The Morgan fingerprint density at radius 3 is 3.00 bits per heavy atom. The van der Waals surface area contributed by atoms with Crippen LogP contribution in [-0.4, -0.2) is 17.3 Å². The highest BCUT2D eigenvalue weighted by molar-refractivity contribution is 9.10. The van der Waals surface area contributed by atoms with E-state index >= 15 is 0 Å². The van der Waals surface area contributed by atoms with Crippen molar-refractivity contribution in [3.05, 3.63) is 28.5 Å². The first-order valence-electron chi connectivity index (χ1n) is 3.09. The van der Waals surface area contributed by atoms with Crippen LogP contribution >= 0.6 is 15.9 Å². The second-order valence-corrected chi connectivity index (χ2v) is 2.90. The average molecular weight is 215 g/mol. The molecule has 11 heavy (non-hydrogen) atoms. The van der Waals surface area contributed by atoms with Crippen molar-refractivity contribution in [1.82, 2.24) is 4.98 Å². The van der Waals surface area contributed by atoms with Crippen molar-refractivity contribution in [3.8, 4) is 0 Å². The number of rotatable bonds is 2. The Labute approximate surface area is 72.7 Å². The first kappa shape index (κ1) is 8.36. The molecule has 0 atom stereocenters. The molecule has 0 aromatic carbocycles. The Kier molecular flexibility index (Phi) is 2.73. The Bertz CT molecular complexity index is 275. The van der Waals surface area contributed by atoms with Gasteiger partial charge in [-0.3, -0.25) is 9.78 Å². The summed E-state index contributed by atoms with van der Waals surface area (Å²) in [6, 6.07) is 3.41. The molecule has 1 aromatic rings. The van der Waals surface area contributed by atoms with E-state index < -0.39 is 0 Å². The normalized spacial score (nSPS) is 9.64. The molecule has 0 radical (unpaired) electrons. The number of Topliss-reactive ketones (excluding diaryl/α,β-unsaturated/α-hetero) is 1. The zero-order chi connectivity index (χ0) is 8.27. The van der Waals surface area contributed by atoms with Gasteiger partial charge in [0.05, 0.1) is 6.54 Å². The van der Waals surface area contributed by atoms with Gasteiger partial charge in [-0.15, -0.1) is 0 Å². The van der Waals surface area contributed by atoms with Crippen LogP contribution in [0.4, 0.5) is 0 Å². The van der Waals surface area contributed by atoms with E-state index in [1.54, 1.807) is 18.3 Å². The van der Waals surface area contributed by atoms with Crippen molar-refractivity contribution < 1.29 is 4.79 Å². The number of nitrogens with two attached hydrogens (primary N) is 1. The first-order valence-corrected chi connectivity index (χ1v) is 3.88. The lowest BCUT2D eigenvalue weighted by Crippen LogP contribution is -2.14. The molecule has 1 heterocycles. The van der Waals surface area contributed by atoms with Crippen molar-refractivity contribution in [1.29, 1.82) is 0 Å². The zero-order valence-corrected chi connectivity index (χ0v) is 7.34. The predicted molar refractivity (Wildman–Crippen MR) is 45.3 cm³/mol. The van der Waals surface area contributed by atoms with Crippen LogP contribution in [0.3, 0.4) is 0 Å². The van der Waals surface area contributed by atoms with E-state index in [1.807, 2.05) is 0 Å². The number of nitrogens with zero attached hydrogens (tertiary/aromatic N) is 1. The summed E-state index contributed by atoms with van der Waals surface area (Å²) in [7, 11) is 0. The summed E-state index contributed by atoms with van der Waals surface area (Å²) in [5, 5.41) is 0. The van der Waals surface area contributed by atoms with Crippen molar-refractivity contribution in [2.75, 3.05) is 6.54 Å². The van der Waals surface area contributed by atoms with Crippen LogP contribution in [-0.2, 0) is 0 Å². The lowest BCUT2D eigenvalue weighted by atomic mass is 10.2. The molecule has 1 rings (SSSR count). The minimum Gasteiger partial charge on any atom is -0.324 e. The van der Waals surface area contributed by atoms with E-state index in [9.17, 15) is 4.79 Å². The number of halogens is 1. The molecule has 3 nitrogen and oxygen atoms in total. The molecule has 0 aliphatic heterocycles. The molecule has 1 aromatic heterocycles. The molecule has 0 fully saturated rings.